The van der Waals surface area contributed by atoms with Gasteiger partial charge in [-0.2, -0.15) is 0 Å². The van der Waals surface area contributed by atoms with Gasteiger partial charge in [-0.1, -0.05) is 29.8 Å². The lowest BCUT2D eigenvalue weighted by Gasteiger charge is -2.31. The molecule has 0 aliphatic carbocycles. The zero-order valence-corrected chi connectivity index (χ0v) is 13.7. The highest BCUT2D eigenvalue weighted by atomic mass is 35.5. The van der Waals surface area contributed by atoms with Gasteiger partial charge < -0.3 is 16.0 Å². The third kappa shape index (κ3) is 5.00. The zero-order valence-electron chi connectivity index (χ0n) is 12.9. The molecular formula is C16H24ClN3O2. The van der Waals surface area contributed by atoms with Crippen LogP contribution in [-0.2, 0) is 16.1 Å². The van der Waals surface area contributed by atoms with E-state index in [-0.39, 0.29) is 36.7 Å². The second-order valence-electron chi connectivity index (χ2n) is 5.56. The standard InChI is InChI=1S/C16H23N3O2.ClH/c1-12-2-4-13(5-3-12)11-18-16(21)14-6-8-19(9-7-14)15(20)10-17;/h2-5,14H,6-11,17H2,1H3,(H,18,21);1H. The van der Waals surface area contributed by atoms with Gasteiger partial charge in [0.05, 0.1) is 6.54 Å². The Morgan fingerprint density at radius 1 is 1.23 bits per heavy atom. The van der Waals surface area contributed by atoms with E-state index in [2.05, 4.69) is 5.32 Å². The summed E-state index contributed by atoms with van der Waals surface area (Å²) in [5, 5.41) is 2.98. The van der Waals surface area contributed by atoms with Crippen LogP contribution in [0.2, 0.25) is 0 Å². The predicted molar refractivity (Wildman–Crippen MR) is 88.6 cm³/mol. The summed E-state index contributed by atoms with van der Waals surface area (Å²) >= 11 is 0. The Kier molecular flexibility index (Phi) is 7.35. The number of piperidine rings is 1. The molecular weight excluding hydrogens is 302 g/mol. The van der Waals surface area contributed by atoms with Crippen LogP contribution in [0.1, 0.15) is 24.0 Å². The van der Waals surface area contributed by atoms with E-state index >= 15 is 0 Å². The first-order valence-electron chi connectivity index (χ1n) is 7.41. The molecule has 0 bridgehead atoms. The third-order valence-corrected chi connectivity index (χ3v) is 3.98. The number of benzene rings is 1. The van der Waals surface area contributed by atoms with Gasteiger partial charge in [-0.15, -0.1) is 12.4 Å². The van der Waals surface area contributed by atoms with Gasteiger partial charge in [-0.05, 0) is 25.3 Å². The number of carbonyl (C=O) groups is 2. The van der Waals surface area contributed by atoms with Crippen LogP contribution in [0.25, 0.3) is 0 Å². The van der Waals surface area contributed by atoms with E-state index in [0.717, 1.165) is 5.56 Å². The quantitative estimate of drug-likeness (QED) is 0.874. The highest BCUT2D eigenvalue weighted by Gasteiger charge is 2.26. The second-order valence-corrected chi connectivity index (χ2v) is 5.56. The Labute approximate surface area is 137 Å². The summed E-state index contributed by atoms with van der Waals surface area (Å²) in [6.45, 7) is 3.89. The van der Waals surface area contributed by atoms with E-state index in [1.807, 2.05) is 31.2 Å². The molecule has 3 N–H and O–H groups in total. The average molecular weight is 326 g/mol. The smallest absolute Gasteiger partial charge is 0.236 e. The summed E-state index contributed by atoms with van der Waals surface area (Å²) in [7, 11) is 0. The monoisotopic (exact) mass is 325 g/mol. The number of carbonyl (C=O) groups excluding carboxylic acids is 2. The number of hydrogen-bond donors (Lipinski definition) is 2. The van der Waals surface area contributed by atoms with Gasteiger partial charge >= 0.3 is 0 Å². The Morgan fingerprint density at radius 3 is 2.36 bits per heavy atom. The Morgan fingerprint density at radius 2 is 1.82 bits per heavy atom. The SMILES string of the molecule is Cc1ccc(CNC(=O)C2CCN(C(=O)CN)CC2)cc1.Cl. The number of halogens is 1. The summed E-state index contributed by atoms with van der Waals surface area (Å²) in [5.74, 6) is 0.0428. The molecule has 2 amide bonds. The number of amides is 2. The highest BCUT2D eigenvalue weighted by Crippen LogP contribution is 2.17. The topological polar surface area (TPSA) is 75.4 Å². The van der Waals surface area contributed by atoms with Crippen molar-refractivity contribution in [2.24, 2.45) is 11.7 Å². The maximum absolute atomic E-state index is 12.1. The van der Waals surface area contributed by atoms with Gasteiger partial charge in [0.25, 0.3) is 0 Å². The molecule has 122 valence electrons. The van der Waals surface area contributed by atoms with Gasteiger partial charge in [-0.3, -0.25) is 9.59 Å². The molecule has 0 atom stereocenters. The van der Waals surface area contributed by atoms with Crippen molar-refractivity contribution < 1.29 is 9.59 Å². The molecule has 0 saturated carbocycles. The van der Waals surface area contributed by atoms with Crippen LogP contribution in [-0.4, -0.2) is 36.3 Å². The van der Waals surface area contributed by atoms with Crippen molar-refractivity contribution >= 4 is 24.2 Å². The Bertz CT molecular complexity index is 497. The number of nitrogens with zero attached hydrogens (tertiary/aromatic N) is 1. The number of aryl methyl sites for hydroxylation is 1. The summed E-state index contributed by atoms with van der Waals surface area (Å²) < 4.78 is 0. The molecule has 1 aromatic rings. The van der Waals surface area contributed by atoms with Gasteiger partial charge in [0.2, 0.25) is 11.8 Å². The first kappa shape index (κ1) is 18.5. The summed E-state index contributed by atoms with van der Waals surface area (Å²) in [5.41, 5.74) is 7.66. The number of rotatable bonds is 4. The zero-order chi connectivity index (χ0) is 15.2. The molecule has 1 aromatic carbocycles. The van der Waals surface area contributed by atoms with Crippen LogP contribution in [0.3, 0.4) is 0 Å². The summed E-state index contributed by atoms with van der Waals surface area (Å²) in [4.78, 5) is 25.4. The normalized spacial score (nSPS) is 15.1. The largest absolute Gasteiger partial charge is 0.352 e. The molecule has 5 nitrogen and oxygen atoms in total. The lowest BCUT2D eigenvalue weighted by molar-refractivity contribution is -0.134. The van der Waals surface area contributed by atoms with E-state index in [1.165, 1.54) is 5.56 Å². The minimum absolute atomic E-state index is 0. The Balaban J connectivity index is 0.00000242. The second kappa shape index (κ2) is 8.76. The first-order chi connectivity index (χ1) is 10.1. The lowest BCUT2D eigenvalue weighted by Crippen LogP contribution is -2.44. The average Bonchev–Trinajstić information content (AvgIpc) is 2.53. The lowest BCUT2D eigenvalue weighted by atomic mass is 9.95. The summed E-state index contributed by atoms with van der Waals surface area (Å²) in [6.07, 6.45) is 1.43. The van der Waals surface area contributed by atoms with Crippen LogP contribution < -0.4 is 11.1 Å². The molecule has 1 fully saturated rings. The maximum atomic E-state index is 12.1. The molecule has 1 heterocycles. The minimum atomic E-state index is -0.0338. The number of hydrogen-bond acceptors (Lipinski definition) is 3. The number of nitrogens with two attached hydrogens (primary N) is 1. The van der Waals surface area contributed by atoms with Crippen LogP contribution in [0.4, 0.5) is 0 Å². The van der Waals surface area contributed by atoms with Gasteiger partial charge in [0.15, 0.2) is 0 Å². The van der Waals surface area contributed by atoms with Gasteiger partial charge in [0.1, 0.15) is 0 Å². The molecule has 0 aromatic heterocycles. The molecule has 1 aliphatic heterocycles. The molecule has 2 rings (SSSR count). The van der Waals surface area contributed by atoms with Crippen molar-refractivity contribution in [1.82, 2.24) is 10.2 Å². The van der Waals surface area contributed by atoms with Crippen LogP contribution in [0, 0.1) is 12.8 Å². The number of nitrogens with one attached hydrogen (secondary N) is 1. The Hall–Kier alpha value is -1.59. The van der Waals surface area contributed by atoms with Crippen molar-refractivity contribution in [2.75, 3.05) is 19.6 Å². The molecule has 6 heteroatoms. The molecule has 0 unspecified atom stereocenters. The molecule has 0 spiro atoms. The first-order valence-corrected chi connectivity index (χ1v) is 7.41. The maximum Gasteiger partial charge on any atom is 0.236 e. The van der Waals surface area contributed by atoms with Crippen LogP contribution in [0.15, 0.2) is 24.3 Å². The van der Waals surface area contributed by atoms with E-state index in [9.17, 15) is 9.59 Å². The molecule has 1 aliphatic rings. The summed E-state index contributed by atoms with van der Waals surface area (Å²) in [6, 6.07) is 8.13. The fourth-order valence-corrected chi connectivity index (χ4v) is 2.56. The molecule has 1 saturated heterocycles. The van der Waals surface area contributed by atoms with E-state index in [1.54, 1.807) is 4.90 Å². The minimum Gasteiger partial charge on any atom is -0.352 e. The predicted octanol–water partition coefficient (Wildman–Crippen LogP) is 1.23. The highest BCUT2D eigenvalue weighted by molar-refractivity contribution is 5.85. The fraction of sp³-hybridized carbons (Fsp3) is 0.500. The van der Waals surface area contributed by atoms with Crippen molar-refractivity contribution in [3.8, 4) is 0 Å². The molecule has 22 heavy (non-hydrogen) atoms. The van der Waals surface area contributed by atoms with Crippen molar-refractivity contribution in [2.45, 2.75) is 26.3 Å². The van der Waals surface area contributed by atoms with Gasteiger partial charge in [0, 0.05) is 25.6 Å². The molecule has 0 radical (unpaired) electrons. The van der Waals surface area contributed by atoms with E-state index in [4.69, 9.17) is 5.73 Å². The van der Waals surface area contributed by atoms with Crippen LogP contribution >= 0.6 is 12.4 Å². The van der Waals surface area contributed by atoms with Crippen molar-refractivity contribution in [3.05, 3.63) is 35.4 Å². The van der Waals surface area contributed by atoms with Gasteiger partial charge in [-0.25, -0.2) is 0 Å². The van der Waals surface area contributed by atoms with E-state index < -0.39 is 0 Å². The van der Waals surface area contributed by atoms with Crippen LogP contribution in [0.5, 0.6) is 0 Å². The van der Waals surface area contributed by atoms with Crippen molar-refractivity contribution in [1.29, 1.82) is 0 Å². The van der Waals surface area contributed by atoms with Crippen molar-refractivity contribution in [3.63, 3.8) is 0 Å². The fourth-order valence-electron chi connectivity index (χ4n) is 2.56. The van der Waals surface area contributed by atoms with E-state index in [0.29, 0.717) is 32.5 Å². The third-order valence-electron chi connectivity index (χ3n) is 3.98. The number of likely N-dealkylation sites (tertiary alicyclic amines) is 1.